The van der Waals surface area contributed by atoms with Gasteiger partial charge in [-0.3, -0.25) is 0 Å². The van der Waals surface area contributed by atoms with Gasteiger partial charge in [0.15, 0.2) is 0 Å². The number of aromatic nitrogens is 4. The second-order valence-electron chi connectivity index (χ2n) is 9.71. The highest BCUT2D eigenvalue weighted by atomic mass is 32.1. The molecule has 0 spiro atoms. The highest BCUT2D eigenvalue weighted by Gasteiger charge is 2.53. The summed E-state index contributed by atoms with van der Waals surface area (Å²) < 4.78 is 2.52. The fourth-order valence-corrected chi connectivity index (χ4v) is 7.35. The number of thiazole rings is 1. The molecule has 0 radical (unpaired) electrons. The van der Waals surface area contributed by atoms with Gasteiger partial charge in [-0.25, -0.2) is 4.98 Å². The predicted molar refractivity (Wildman–Crippen MR) is 121 cm³/mol. The molecule has 4 nitrogen and oxygen atoms in total. The molecule has 30 heavy (non-hydrogen) atoms. The van der Waals surface area contributed by atoms with Crippen molar-refractivity contribution in [3.63, 3.8) is 0 Å². The zero-order valence-corrected chi connectivity index (χ0v) is 18.5. The van der Waals surface area contributed by atoms with Crippen LogP contribution in [0.25, 0.3) is 10.4 Å². The van der Waals surface area contributed by atoms with Gasteiger partial charge in [-0.15, -0.1) is 21.5 Å². The Bertz CT molecular complexity index is 1010. The molecule has 2 bridgehead atoms. The van der Waals surface area contributed by atoms with E-state index in [1.165, 1.54) is 91.3 Å². The van der Waals surface area contributed by atoms with Crippen molar-refractivity contribution in [1.29, 1.82) is 0 Å². The lowest BCUT2D eigenvalue weighted by Crippen LogP contribution is -2.47. The molecule has 156 valence electrons. The topological polar surface area (TPSA) is 43.6 Å². The van der Waals surface area contributed by atoms with Crippen molar-refractivity contribution < 1.29 is 0 Å². The van der Waals surface area contributed by atoms with Crippen molar-refractivity contribution in [1.82, 2.24) is 19.7 Å². The Morgan fingerprint density at radius 1 is 0.800 bits per heavy atom. The van der Waals surface area contributed by atoms with Crippen molar-refractivity contribution in [2.45, 2.75) is 88.0 Å². The van der Waals surface area contributed by atoms with E-state index in [0.29, 0.717) is 5.41 Å². The normalized spacial score (nSPS) is 28.7. The minimum absolute atomic E-state index is 0.256. The third kappa shape index (κ3) is 2.96. The average Bonchev–Trinajstić information content (AvgIpc) is 3.44. The first-order chi connectivity index (χ1) is 14.8. The summed E-state index contributed by atoms with van der Waals surface area (Å²) >= 11 is 1.92. The van der Waals surface area contributed by atoms with E-state index in [2.05, 4.69) is 46.2 Å². The summed E-state index contributed by atoms with van der Waals surface area (Å²) in [5.74, 6) is 2.56. The minimum Gasteiger partial charge on any atom is -0.315 e. The molecule has 4 aliphatic rings. The van der Waals surface area contributed by atoms with Gasteiger partial charge in [0, 0.05) is 30.0 Å². The minimum atomic E-state index is 0.256. The van der Waals surface area contributed by atoms with Crippen LogP contribution in [0.5, 0.6) is 0 Å². The molecule has 2 aromatic heterocycles. The lowest BCUT2D eigenvalue weighted by Gasteiger charge is -2.52. The molecule has 3 fully saturated rings. The largest absolute Gasteiger partial charge is 0.315 e. The molecule has 3 aliphatic carbocycles. The summed E-state index contributed by atoms with van der Waals surface area (Å²) in [6, 6.07) is 10.7. The first kappa shape index (κ1) is 18.7. The van der Waals surface area contributed by atoms with E-state index in [1.807, 2.05) is 11.3 Å². The van der Waals surface area contributed by atoms with E-state index in [4.69, 9.17) is 10.1 Å². The first-order valence-electron chi connectivity index (χ1n) is 11.7. The molecule has 0 unspecified atom stereocenters. The van der Waals surface area contributed by atoms with Gasteiger partial charge >= 0.3 is 0 Å². The molecule has 0 atom stereocenters. The lowest BCUT2D eigenvalue weighted by atomic mass is 9.53. The van der Waals surface area contributed by atoms with Gasteiger partial charge in [-0.05, 0) is 56.9 Å². The first-order valence-corrected chi connectivity index (χ1v) is 12.5. The number of fused-ring (bicyclic) bond motifs is 4. The molecule has 0 N–H and O–H groups in total. The predicted octanol–water partition coefficient (Wildman–Crippen LogP) is 6.06. The number of nitrogens with zero attached hydrogens (tertiary/aromatic N) is 4. The van der Waals surface area contributed by atoms with Crippen LogP contribution in [0.3, 0.4) is 0 Å². The zero-order valence-electron chi connectivity index (χ0n) is 17.6. The van der Waals surface area contributed by atoms with Crippen molar-refractivity contribution in [3.05, 3.63) is 53.2 Å². The van der Waals surface area contributed by atoms with E-state index in [0.717, 1.165) is 13.0 Å². The average molecular weight is 419 g/mol. The van der Waals surface area contributed by atoms with Crippen LogP contribution >= 0.6 is 11.3 Å². The molecule has 5 heteroatoms. The van der Waals surface area contributed by atoms with Gasteiger partial charge < -0.3 is 4.57 Å². The van der Waals surface area contributed by atoms with Crippen LogP contribution in [0, 0.1) is 0 Å². The summed E-state index contributed by atoms with van der Waals surface area (Å²) in [4.78, 5) is 6.25. The van der Waals surface area contributed by atoms with E-state index in [9.17, 15) is 0 Å². The molecule has 3 heterocycles. The number of benzene rings is 1. The zero-order chi connectivity index (χ0) is 20.0. The smallest absolute Gasteiger partial charge is 0.139 e. The third-order valence-corrected chi connectivity index (χ3v) is 9.39. The molecular formula is C25H30N4S. The molecular weight excluding hydrogens is 388 g/mol. The highest BCUT2D eigenvalue weighted by molar-refractivity contribution is 7.15. The van der Waals surface area contributed by atoms with Crippen LogP contribution in [-0.4, -0.2) is 19.7 Å². The third-order valence-electron chi connectivity index (χ3n) is 8.10. The Balaban J connectivity index is 1.26. The van der Waals surface area contributed by atoms with Gasteiger partial charge in [-0.1, -0.05) is 43.2 Å². The Labute approximate surface area is 182 Å². The monoisotopic (exact) mass is 418 g/mol. The fourth-order valence-electron chi connectivity index (χ4n) is 6.15. The Hall–Kier alpha value is -2.01. The molecule has 0 amide bonds. The number of hydrogen-bond acceptors (Lipinski definition) is 4. The molecule has 1 aromatic carbocycles. The standard InChI is InChI=1S/C25H30N4S/c1-2-7-17-29-21(10-6-1)27-28-22(29)24-11-14-25(15-12-24,16-13-24)23-26-18-20(30-23)19-8-4-3-5-9-19/h3-5,8-9,18H,1-2,6-7,10-17H2. The number of rotatable bonds is 3. The van der Waals surface area contributed by atoms with Gasteiger partial charge in [0.2, 0.25) is 0 Å². The summed E-state index contributed by atoms with van der Waals surface area (Å²) in [6.07, 6.45) is 15.9. The van der Waals surface area contributed by atoms with Crippen LogP contribution in [0.2, 0.25) is 0 Å². The maximum atomic E-state index is 4.95. The number of aryl methyl sites for hydroxylation is 1. The van der Waals surface area contributed by atoms with E-state index >= 15 is 0 Å². The fraction of sp³-hybridized carbons (Fsp3) is 0.560. The van der Waals surface area contributed by atoms with Gasteiger partial charge in [0.25, 0.3) is 0 Å². The lowest BCUT2D eigenvalue weighted by molar-refractivity contribution is 0.0917. The Morgan fingerprint density at radius 2 is 1.53 bits per heavy atom. The van der Waals surface area contributed by atoms with Crippen LogP contribution < -0.4 is 0 Å². The molecule has 3 aromatic rings. The second-order valence-corrected chi connectivity index (χ2v) is 10.7. The summed E-state index contributed by atoms with van der Waals surface area (Å²) in [6.45, 7) is 1.12. The summed E-state index contributed by atoms with van der Waals surface area (Å²) in [5, 5.41) is 10.8. The highest BCUT2D eigenvalue weighted by Crippen LogP contribution is 2.59. The van der Waals surface area contributed by atoms with Gasteiger partial charge in [-0.2, -0.15) is 0 Å². The SMILES string of the molecule is c1ccc(-c2cnc(C34CCC(c5nnc6n5CCCCCC6)(CC3)CC4)s2)cc1. The maximum Gasteiger partial charge on any atom is 0.139 e. The van der Waals surface area contributed by atoms with E-state index in [-0.39, 0.29) is 5.41 Å². The van der Waals surface area contributed by atoms with Crippen molar-refractivity contribution in [3.8, 4) is 10.4 Å². The molecule has 3 saturated carbocycles. The Kier molecular flexibility index (Phi) is 4.56. The second kappa shape index (κ2) is 7.30. The molecule has 7 rings (SSSR count). The van der Waals surface area contributed by atoms with Gasteiger partial charge in [0.05, 0.1) is 9.88 Å². The van der Waals surface area contributed by atoms with Crippen molar-refractivity contribution in [2.75, 3.05) is 0 Å². The summed E-state index contributed by atoms with van der Waals surface area (Å²) in [5.41, 5.74) is 1.84. The maximum absolute atomic E-state index is 4.95. The molecule has 1 aliphatic heterocycles. The van der Waals surface area contributed by atoms with Crippen LogP contribution in [-0.2, 0) is 23.8 Å². The van der Waals surface area contributed by atoms with E-state index < -0.39 is 0 Å². The van der Waals surface area contributed by atoms with E-state index in [1.54, 1.807) is 0 Å². The van der Waals surface area contributed by atoms with Crippen LogP contribution in [0.1, 0.15) is 80.9 Å². The Morgan fingerprint density at radius 3 is 2.33 bits per heavy atom. The quantitative estimate of drug-likeness (QED) is 0.519. The van der Waals surface area contributed by atoms with Crippen LogP contribution in [0.15, 0.2) is 36.5 Å². The van der Waals surface area contributed by atoms with Crippen LogP contribution in [0.4, 0.5) is 0 Å². The summed E-state index contributed by atoms with van der Waals surface area (Å²) in [7, 11) is 0. The molecule has 0 saturated heterocycles. The van der Waals surface area contributed by atoms with Crippen molar-refractivity contribution >= 4 is 11.3 Å². The van der Waals surface area contributed by atoms with Gasteiger partial charge in [0.1, 0.15) is 11.6 Å². The number of hydrogen-bond donors (Lipinski definition) is 0. The van der Waals surface area contributed by atoms with Crippen molar-refractivity contribution in [2.24, 2.45) is 0 Å².